The molecule has 3 aromatic rings. The summed E-state index contributed by atoms with van der Waals surface area (Å²) in [5.41, 5.74) is 2.68. The Morgan fingerprint density at radius 1 is 0.971 bits per heavy atom. The highest BCUT2D eigenvalue weighted by Gasteiger charge is 2.31. The number of amides is 1. The lowest BCUT2D eigenvalue weighted by atomic mass is 9.90. The number of hydrogen-bond acceptors (Lipinski definition) is 4. The zero-order valence-electron chi connectivity index (χ0n) is 20.3. The summed E-state index contributed by atoms with van der Waals surface area (Å²) in [5, 5.41) is 0. The molecular formula is C28H32N2O4S. The topological polar surface area (TPSA) is 66.9 Å². The summed E-state index contributed by atoms with van der Waals surface area (Å²) < 4.78 is 33.8. The van der Waals surface area contributed by atoms with Gasteiger partial charge in [-0.15, -0.1) is 0 Å². The molecule has 0 bridgehead atoms. The average molecular weight is 493 g/mol. The Kier molecular flexibility index (Phi) is 7.76. The van der Waals surface area contributed by atoms with Crippen molar-refractivity contribution >= 4 is 21.6 Å². The number of hydrogen-bond donors (Lipinski definition) is 0. The molecule has 0 atom stereocenters. The van der Waals surface area contributed by atoms with Crippen LogP contribution in [0.2, 0.25) is 0 Å². The number of sulfonamides is 1. The van der Waals surface area contributed by atoms with Crippen LogP contribution < -0.4 is 9.04 Å². The van der Waals surface area contributed by atoms with Crippen molar-refractivity contribution in [3.63, 3.8) is 0 Å². The van der Waals surface area contributed by atoms with Crippen LogP contribution in [0.25, 0.3) is 0 Å². The van der Waals surface area contributed by atoms with Gasteiger partial charge in [0.25, 0.3) is 10.0 Å². The molecule has 35 heavy (non-hydrogen) atoms. The molecule has 0 aliphatic carbocycles. The molecule has 1 saturated heterocycles. The van der Waals surface area contributed by atoms with Crippen molar-refractivity contribution in [3.8, 4) is 5.75 Å². The van der Waals surface area contributed by atoms with Crippen LogP contribution in [0, 0.1) is 12.8 Å². The molecule has 1 aliphatic heterocycles. The van der Waals surface area contributed by atoms with Crippen LogP contribution in [0.5, 0.6) is 5.75 Å². The van der Waals surface area contributed by atoms with E-state index in [1.165, 1.54) is 17.0 Å². The molecule has 1 heterocycles. The predicted octanol–water partition coefficient (Wildman–Crippen LogP) is 4.68. The number of rotatable bonds is 8. The number of anilines is 1. The van der Waals surface area contributed by atoms with Gasteiger partial charge in [-0.2, -0.15) is 0 Å². The van der Waals surface area contributed by atoms with E-state index in [-0.39, 0.29) is 17.3 Å². The molecule has 184 valence electrons. The molecular weight excluding hydrogens is 460 g/mol. The lowest BCUT2D eigenvalue weighted by Crippen LogP contribution is -2.46. The molecule has 7 heteroatoms. The highest BCUT2D eigenvalue weighted by molar-refractivity contribution is 7.92. The maximum absolute atomic E-state index is 13.6. The molecule has 0 N–H and O–H groups in total. The minimum absolute atomic E-state index is 0.153. The number of ether oxygens (including phenoxy) is 1. The van der Waals surface area contributed by atoms with Crippen LogP contribution in [0.1, 0.15) is 24.0 Å². The fourth-order valence-corrected chi connectivity index (χ4v) is 5.88. The van der Waals surface area contributed by atoms with Crippen LogP contribution >= 0.6 is 0 Å². The van der Waals surface area contributed by atoms with E-state index in [9.17, 15) is 13.2 Å². The Morgan fingerprint density at radius 3 is 2.31 bits per heavy atom. The predicted molar refractivity (Wildman–Crippen MR) is 138 cm³/mol. The lowest BCUT2D eigenvalue weighted by Gasteiger charge is -2.34. The monoisotopic (exact) mass is 492 g/mol. The maximum atomic E-state index is 13.6. The standard InChI is InChI=1S/C28H32N2O4S/c1-22-11-13-27(14-12-22)35(32,33)30(25-9-6-10-26(20-25)34-2)21-28(31)29-17-15-24(16-18-29)19-23-7-4-3-5-8-23/h3-14,20,24H,15-19,21H2,1-2H3. The second-order valence-corrected chi connectivity index (χ2v) is 10.9. The first kappa shape index (κ1) is 24.8. The van der Waals surface area contributed by atoms with Gasteiger partial charge in [0.1, 0.15) is 12.3 Å². The van der Waals surface area contributed by atoms with E-state index in [0.29, 0.717) is 30.4 Å². The minimum Gasteiger partial charge on any atom is -0.497 e. The summed E-state index contributed by atoms with van der Waals surface area (Å²) in [5.74, 6) is 0.856. The smallest absolute Gasteiger partial charge is 0.264 e. The van der Waals surface area contributed by atoms with Gasteiger partial charge in [-0.3, -0.25) is 9.10 Å². The third-order valence-corrected chi connectivity index (χ3v) is 8.35. The third kappa shape index (κ3) is 6.03. The zero-order valence-corrected chi connectivity index (χ0v) is 21.1. The zero-order chi connectivity index (χ0) is 24.8. The van der Waals surface area contributed by atoms with Gasteiger partial charge in [-0.1, -0.05) is 54.1 Å². The van der Waals surface area contributed by atoms with E-state index >= 15 is 0 Å². The van der Waals surface area contributed by atoms with E-state index in [2.05, 4.69) is 24.3 Å². The fourth-order valence-electron chi connectivity index (χ4n) is 4.47. The minimum atomic E-state index is -3.95. The van der Waals surface area contributed by atoms with E-state index in [4.69, 9.17) is 4.74 Å². The summed E-state index contributed by atoms with van der Waals surface area (Å²) in [4.78, 5) is 15.3. The van der Waals surface area contributed by atoms with E-state index < -0.39 is 10.0 Å². The number of likely N-dealkylation sites (tertiary alicyclic amines) is 1. The van der Waals surface area contributed by atoms with Crippen molar-refractivity contribution in [2.24, 2.45) is 5.92 Å². The van der Waals surface area contributed by atoms with Crippen molar-refractivity contribution in [3.05, 3.63) is 90.0 Å². The third-order valence-electron chi connectivity index (χ3n) is 6.56. The summed E-state index contributed by atoms with van der Waals surface area (Å²) in [6, 6.07) is 23.9. The highest BCUT2D eigenvalue weighted by atomic mass is 32.2. The molecule has 1 amide bonds. The summed E-state index contributed by atoms with van der Waals surface area (Å²) >= 11 is 0. The highest BCUT2D eigenvalue weighted by Crippen LogP contribution is 2.28. The number of benzene rings is 3. The van der Waals surface area contributed by atoms with Gasteiger partial charge >= 0.3 is 0 Å². The summed E-state index contributed by atoms with van der Waals surface area (Å²) in [6.45, 7) is 2.91. The van der Waals surface area contributed by atoms with Crippen molar-refractivity contribution in [2.45, 2.75) is 31.1 Å². The molecule has 0 unspecified atom stereocenters. The normalized spacial score (nSPS) is 14.5. The van der Waals surface area contributed by atoms with Gasteiger partial charge in [-0.05, 0) is 61.9 Å². The van der Waals surface area contributed by atoms with Crippen molar-refractivity contribution < 1.29 is 17.9 Å². The SMILES string of the molecule is COc1cccc(N(CC(=O)N2CCC(Cc3ccccc3)CC2)S(=O)(=O)c2ccc(C)cc2)c1. The first-order valence-electron chi connectivity index (χ1n) is 11.9. The van der Waals surface area contributed by atoms with E-state index in [0.717, 1.165) is 24.8 Å². The number of piperidine rings is 1. The molecule has 3 aromatic carbocycles. The van der Waals surface area contributed by atoms with E-state index in [1.54, 1.807) is 53.4 Å². The molecule has 6 nitrogen and oxygen atoms in total. The van der Waals surface area contributed by atoms with Gasteiger partial charge in [0, 0.05) is 19.2 Å². The van der Waals surface area contributed by atoms with Crippen molar-refractivity contribution in [1.29, 1.82) is 0 Å². The Bertz CT molecular complexity index is 1240. The first-order chi connectivity index (χ1) is 16.9. The van der Waals surface area contributed by atoms with Gasteiger partial charge < -0.3 is 9.64 Å². The Morgan fingerprint density at radius 2 is 1.66 bits per heavy atom. The number of aryl methyl sites for hydroxylation is 1. The van der Waals surface area contributed by atoms with Gasteiger partial charge in [0.2, 0.25) is 5.91 Å². The van der Waals surface area contributed by atoms with E-state index in [1.807, 2.05) is 13.0 Å². The van der Waals surface area contributed by atoms with Crippen LogP contribution in [0.4, 0.5) is 5.69 Å². The van der Waals surface area contributed by atoms with Crippen molar-refractivity contribution in [2.75, 3.05) is 31.0 Å². The largest absolute Gasteiger partial charge is 0.497 e. The van der Waals surface area contributed by atoms with Gasteiger partial charge in [-0.25, -0.2) is 8.42 Å². The van der Waals surface area contributed by atoms with Crippen molar-refractivity contribution in [1.82, 2.24) is 4.90 Å². The molecule has 1 aliphatic rings. The summed E-state index contributed by atoms with van der Waals surface area (Å²) in [7, 11) is -2.42. The fraction of sp³-hybridized carbons (Fsp3) is 0.321. The molecule has 0 radical (unpaired) electrons. The Hall–Kier alpha value is -3.32. The van der Waals surface area contributed by atoms with Crippen LogP contribution in [-0.4, -0.2) is 46.0 Å². The average Bonchev–Trinajstić information content (AvgIpc) is 2.88. The first-order valence-corrected chi connectivity index (χ1v) is 13.4. The van der Waals surface area contributed by atoms with Crippen LogP contribution in [-0.2, 0) is 21.2 Å². The number of carbonyl (C=O) groups is 1. The number of nitrogens with zero attached hydrogens (tertiary/aromatic N) is 2. The molecule has 0 aromatic heterocycles. The molecule has 0 spiro atoms. The second kappa shape index (κ2) is 11.0. The molecule has 1 fully saturated rings. The van der Waals surface area contributed by atoms with Crippen LogP contribution in [0.3, 0.4) is 0 Å². The number of carbonyl (C=O) groups excluding carboxylic acids is 1. The summed E-state index contributed by atoms with van der Waals surface area (Å²) in [6.07, 6.45) is 2.82. The van der Waals surface area contributed by atoms with Gasteiger partial charge in [0.15, 0.2) is 0 Å². The lowest BCUT2D eigenvalue weighted by molar-refractivity contribution is -0.130. The molecule has 4 rings (SSSR count). The Labute approximate surface area is 208 Å². The second-order valence-electron chi connectivity index (χ2n) is 9.04. The maximum Gasteiger partial charge on any atom is 0.264 e. The molecule has 0 saturated carbocycles. The number of methoxy groups -OCH3 is 1. The van der Waals surface area contributed by atoms with Crippen LogP contribution in [0.15, 0.2) is 83.8 Å². The van der Waals surface area contributed by atoms with Gasteiger partial charge in [0.05, 0.1) is 17.7 Å². The Balaban J connectivity index is 1.51. The quantitative estimate of drug-likeness (QED) is 0.458.